The van der Waals surface area contributed by atoms with Crippen LogP contribution in [0.5, 0.6) is 5.75 Å². The summed E-state index contributed by atoms with van der Waals surface area (Å²) in [6.45, 7) is 3.45. The van der Waals surface area contributed by atoms with Gasteiger partial charge in [-0.2, -0.15) is 0 Å². The number of aromatic nitrogens is 1. The van der Waals surface area contributed by atoms with Gasteiger partial charge in [0.05, 0.1) is 35.3 Å². The SMILES string of the molecule is CCCNc1cc(COC)nc2c(Cl)ccc(OC)c12. The third kappa shape index (κ3) is 2.97. The summed E-state index contributed by atoms with van der Waals surface area (Å²) < 4.78 is 10.6. The summed E-state index contributed by atoms with van der Waals surface area (Å²) in [4.78, 5) is 4.56. The van der Waals surface area contributed by atoms with E-state index in [-0.39, 0.29) is 0 Å². The number of nitrogens with zero attached hydrogens (tertiary/aromatic N) is 1. The molecule has 1 aromatic carbocycles. The van der Waals surface area contributed by atoms with E-state index in [2.05, 4.69) is 17.2 Å². The second-order valence-corrected chi connectivity index (χ2v) is 4.90. The van der Waals surface area contributed by atoms with Crippen LogP contribution >= 0.6 is 11.6 Å². The average molecular weight is 295 g/mol. The maximum atomic E-state index is 6.28. The first-order valence-corrected chi connectivity index (χ1v) is 6.98. The predicted molar refractivity (Wildman–Crippen MR) is 82.8 cm³/mol. The highest BCUT2D eigenvalue weighted by Crippen LogP contribution is 2.36. The molecule has 0 atom stereocenters. The standard InChI is InChI=1S/C15H19ClN2O2/c1-4-7-17-12-8-10(9-19-2)18-15-11(16)5-6-13(20-3)14(12)15/h5-6,8H,4,7,9H2,1-3H3,(H,17,18). The fourth-order valence-corrected chi connectivity index (χ4v) is 2.32. The summed E-state index contributed by atoms with van der Waals surface area (Å²) in [5.41, 5.74) is 2.55. The molecule has 0 unspecified atom stereocenters. The highest BCUT2D eigenvalue weighted by Gasteiger charge is 2.13. The maximum Gasteiger partial charge on any atom is 0.130 e. The molecular formula is C15H19ClN2O2. The molecule has 0 radical (unpaired) electrons. The number of methoxy groups -OCH3 is 2. The average Bonchev–Trinajstić information content (AvgIpc) is 2.46. The molecule has 2 rings (SSSR count). The summed E-state index contributed by atoms with van der Waals surface area (Å²) in [6.07, 6.45) is 1.03. The van der Waals surface area contributed by atoms with Gasteiger partial charge in [0.25, 0.3) is 0 Å². The van der Waals surface area contributed by atoms with Gasteiger partial charge in [0.15, 0.2) is 0 Å². The molecule has 5 heteroatoms. The molecule has 1 N–H and O–H groups in total. The van der Waals surface area contributed by atoms with Crippen molar-refractivity contribution in [3.05, 3.63) is 28.9 Å². The number of hydrogen-bond acceptors (Lipinski definition) is 4. The van der Waals surface area contributed by atoms with Gasteiger partial charge in [0, 0.05) is 19.3 Å². The highest BCUT2D eigenvalue weighted by atomic mass is 35.5. The lowest BCUT2D eigenvalue weighted by Gasteiger charge is -2.14. The topological polar surface area (TPSA) is 43.4 Å². The third-order valence-electron chi connectivity index (χ3n) is 3.00. The largest absolute Gasteiger partial charge is 0.496 e. The van der Waals surface area contributed by atoms with Crippen molar-refractivity contribution in [2.45, 2.75) is 20.0 Å². The molecular weight excluding hydrogens is 276 g/mol. The Bertz CT molecular complexity index is 602. The quantitative estimate of drug-likeness (QED) is 0.878. The fourth-order valence-electron chi connectivity index (χ4n) is 2.12. The van der Waals surface area contributed by atoms with E-state index in [1.807, 2.05) is 12.1 Å². The second-order valence-electron chi connectivity index (χ2n) is 4.49. The van der Waals surface area contributed by atoms with Crippen molar-refractivity contribution in [1.29, 1.82) is 0 Å². The fraction of sp³-hybridized carbons (Fsp3) is 0.400. The molecule has 0 spiro atoms. The minimum atomic E-state index is 0.449. The predicted octanol–water partition coefficient (Wildman–Crippen LogP) is 3.87. The zero-order valence-electron chi connectivity index (χ0n) is 12.0. The van der Waals surface area contributed by atoms with Crippen molar-refractivity contribution >= 4 is 28.2 Å². The molecule has 0 saturated carbocycles. The Balaban J connectivity index is 2.66. The van der Waals surface area contributed by atoms with Crippen LogP contribution in [0, 0.1) is 0 Å². The summed E-state index contributed by atoms with van der Waals surface area (Å²) in [5.74, 6) is 0.763. The minimum absolute atomic E-state index is 0.449. The van der Waals surface area contributed by atoms with Crippen LogP contribution in [-0.4, -0.2) is 25.7 Å². The van der Waals surface area contributed by atoms with E-state index in [1.54, 1.807) is 20.3 Å². The van der Waals surface area contributed by atoms with Crippen LogP contribution in [0.2, 0.25) is 5.02 Å². The van der Waals surface area contributed by atoms with Gasteiger partial charge in [0.2, 0.25) is 0 Å². The molecule has 0 aliphatic carbocycles. The van der Waals surface area contributed by atoms with Crippen LogP contribution in [0.25, 0.3) is 10.9 Å². The molecule has 0 aliphatic rings. The van der Waals surface area contributed by atoms with Crippen molar-refractivity contribution in [3.63, 3.8) is 0 Å². The van der Waals surface area contributed by atoms with Gasteiger partial charge in [-0.05, 0) is 24.6 Å². The van der Waals surface area contributed by atoms with Crippen LogP contribution in [0.3, 0.4) is 0 Å². The van der Waals surface area contributed by atoms with Crippen LogP contribution in [-0.2, 0) is 11.3 Å². The molecule has 0 bridgehead atoms. The number of nitrogens with one attached hydrogen (secondary N) is 1. The van der Waals surface area contributed by atoms with Crippen molar-refractivity contribution in [3.8, 4) is 5.75 Å². The number of pyridine rings is 1. The first-order valence-electron chi connectivity index (χ1n) is 6.60. The Morgan fingerprint density at radius 1 is 1.30 bits per heavy atom. The minimum Gasteiger partial charge on any atom is -0.496 e. The summed E-state index contributed by atoms with van der Waals surface area (Å²) >= 11 is 6.28. The molecule has 1 aromatic heterocycles. The van der Waals surface area contributed by atoms with Gasteiger partial charge < -0.3 is 14.8 Å². The molecule has 0 saturated heterocycles. The van der Waals surface area contributed by atoms with Gasteiger partial charge in [0.1, 0.15) is 5.75 Å². The van der Waals surface area contributed by atoms with E-state index >= 15 is 0 Å². The Morgan fingerprint density at radius 3 is 2.75 bits per heavy atom. The Kier molecular flexibility index (Phi) is 5.04. The number of hydrogen-bond donors (Lipinski definition) is 1. The number of halogens is 1. The zero-order valence-corrected chi connectivity index (χ0v) is 12.8. The summed E-state index contributed by atoms with van der Waals surface area (Å²) in [5, 5.41) is 4.92. The third-order valence-corrected chi connectivity index (χ3v) is 3.31. The van der Waals surface area contributed by atoms with Crippen molar-refractivity contribution < 1.29 is 9.47 Å². The van der Waals surface area contributed by atoms with E-state index < -0.39 is 0 Å². The number of rotatable bonds is 6. The van der Waals surface area contributed by atoms with Crippen molar-refractivity contribution in [2.75, 3.05) is 26.1 Å². The first kappa shape index (κ1) is 14.9. The molecule has 20 heavy (non-hydrogen) atoms. The van der Waals surface area contributed by atoms with Crippen LogP contribution in [0.4, 0.5) is 5.69 Å². The van der Waals surface area contributed by atoms with Gasteiger partial charge in [-0.25, -0.2) is 4.98 Å². The number of ether oxygens (including phenoxy) is 2. The zero-order chi connectivity index (χ0) is 14.5. The lowest BCUT2D eigenvalue weighted by atomic mass is 10.1. The summed E-state index contributed by atoms with van der Waals surface area (Å²) in [7, 11) is 3.30. The van der Waals surface area contributed by atoms with Gasteiger partial charge in [-0.15, -0.1) is 0 Å². The van der Waals surface area contributed by atoms with E-state index in [9.17, 15) is 0 Å². The van der Waals surface area contributed by atoms with E-state index in [0.717, 1.165) is 41.0 Å². The molecule has 108 valence electrons. The Morgan fingerprint density at radius 2 is 2.10 bits per heavy atom. The molecule has 0 fully saturated rings. The first-order chi connectivity index (χ1) is 9.71. The molecule has 0 amide bonds. The molecule has 4 nitrogen and oxygen atoms in total. The maximum absolute atomic E-state index is 6.28. The van der Waals surface area contributed by atoms with Crippen LogP contribution in [0.15, 0.2) is 18.2 Å². The van der Waals surface area contributed by atoms with E-state index in [1.165, 1.54) is 0 Å². The second kappa shape index (κ2) is 6.77. The van der Waals surface area contributed by atoms with Gasteiger partial charge in [-0.1, -0.05) is 18.5 Å². The van der Waals surface area contributed by atoms with Crippen molar-refractivity contribution in [2.24, 2.45) is 0 Å². The number of benzene rings is 1. The lowest BCUT2D eigenvalue weighted by molar-refractivity contribution is 0.182. The number of anilines is 1. The number of fused-ring (bicyclic) bond motifs is 1. The lowest BCUT2D eigenvalue weighted by Crippen LogP contribution is -2.04. The smallest absolute Gasteiger partial charge is 0.130 e. The van der Waals surface area contributed by atoms with Gasteiger partial charge >= 0.3 is 0 Å². The van der Waals surface area contributed by atoms with Crippen molar-refractivity contribution in [1.82, 2.24) is 4.98 Å². The highest BCUT2D eigenvalue weighted by molar-refractivity contribution is 6.35. The van der Waals surface area contributed by atoms with Crippen LogP contribution in [0.1, 0.15) is 19.0 Å². The van der Waals surface area contributed by atoms with E-state index in [4.69, 9.17) is 21.1 Å². The monoisotopic (exact) mass is 294 g/mol. The van der Waals surface area contributed by atoms with Gasteiger partial charge in [-0.3, -0.25) is 0 Å². The molecule has 2 aromatic rings. The summed E-state index contributed by atoms with van der Waals surface area (Å²) in [6, 6.07) is 5.65. The van der Waals surface area contributed by atoms with E-state index in [0.29, 0.717) is 11.6 Å². The molecule has 0 aliphatic heterocycles. The van der Waals surface area contributed by atoms with Crippen LogP contribution < -0.4 is 10.1 Å². The normalized spacial score (nSPS) is 10.8. The Labute approximate surface area is 124 Å². The molecule has 1 heterocycles. The Hall–Kier alpha value is -1.52.